The molecule has 1 rings (SSSR count). The van der Waals surface area contributed by atoms with E-state index < -0.39 is 10.0 Å². The monoisotopic (exact) mass is 306 g/mol. The van der Waals surface area contributed by atoms with Crippen molar-refractivity contribution in [1.29, 1.82) is 0 Å². The highest BCUT2D eigenvalue weighted by atomic mass is 35.5. The summed E-state index contributed by atoms with van der Waals surface area (Å²) in [5, 5.41) is 0.111. The number of rotatable bonds is 8. The Morgan fingerprint density at radius 3 is 2.74 bits per heavy atom. The number of hydrogen-bond donors (Lipinski definition) is 2. The van der Waals surface area contributed by atoms with Gasteiger partial charge in [0.25, 0.3) is 0 Å². The van der Waals surface area contributed by atoms with Gasteiger partial charge in [-0.25, -0.2) is 13.1 Å². The molecule has 0 amide bonds. The van der Waals surface area contributed by atoms with Crippen LogP contribution in [0.4, 0.5) is 5.69 Å². The summed E-state index contributed by atoms with van der Waals surface area (Å²) in [5.41, 5.74) is 5.77. The van der Waals surface area contributed by atoms with E-state index in [0.29, 0.717) is 13.2 Å². The molecular formula is C12H19ClN2O3S. The quantitative estimate of drug-likeness (QED) is 0.568. The zero-order valence-corrected chi connectivity index (χ0v) is 12.4. The third-order valence-corrected chi connectivity index (χ3v) is 4.45. The molecule has 0 unspecified atom stereocenters. The van der Waals surface area contributed by atoms with Crippen molar-refractivity contribution in [2.24, 2.45) is 0 Å². The van der Waals surface area contributed by atoms with Crippen molar-refractivity contribution in [3.05, 3.63) is 23.2 Å². The molecule has 0 aliphatic rings. The van der Waals surface area contributed by atoms with Crippen LogP contribution in [0.1, 0.15) is 19.8 Å². The molecule has 0 aliphatic heterocycles. The lowest BCUT2D eigenvalue weighted by molar-refractivity contribution is 0.136. The van der Waals surface area contributed by atoms with Crippen LogP contribution < -0.4 is 10.5 Å². The topological polar surface area (TPSA) is 81.4 Å². The second-order valence-electron chi connectivity index (χ2n) is 4.02. The Labute approximate surface area is 119 Å². The fourth-order valence-electron chi connectivity index (χ4n) is 1.48. The third kappa shape index (κ3) is 4.99. The summed E-state index contributed by atoms with van der Waals surface area (Å²) in [6.07, 6.45) is 2.01. The minimum absolute atomic E-state index is 0.0785. The minimum atomic E-state index is -3.70. The van der Waals surface area contributed by atoms with Crippen molar-refractivity contribution in [2.45, 2.75) is 24.7 Å². The van der Waals surface area contributed by atoms with Gasteiger partial charge in [0.2, 0.25) is 10.0 Å². The Morgan fingerprint density at radius 1 is 1.37 bits per heavy atom. The smallest absolute Gasteiger partial charge is 0.244 e. The number of nitrogen functional groups attached to an aromatic ring is 1. The Balaban J connectivity index is 2.57. The summed E-state index contributed by atoms with van der Waals surface area (Å²) in [6.45, 7) is 3.21. The molecule has 0 aromatic heterocycles. The molecule has 7 heteroatoms. The Bertz CT molecular complexity index is 485. The van der Waals surface area contributed by atoms with Gasteiger partial charge in [-0.2, -0.15) is 0 Å². The summed E-state index contributed by atoms with van der Waals surface area (Å²) in [4.78, 5) is -0.0785. The maximum atomic E-state index is 12.0. The van der Waals surface area contributed by atoms with E-state index in [-0.39, 0.29) is 22.2 Å². The number of nitrogens with two attached hydrogens (primary N) is 1. The number of unbranched alkanes of at least 4 members (excludes halogenated alkanes) is 1. The first kappa shape index (κ1) is 16.2. The molecule has 1 aromatic rings. The molecule has 0 aliphatic carbocycles. The normalized spacial score (nSPS) is 11.7. The van der Waals surface area contributed by atoms with Gasteiger partial charge in [-0.1, -0.05) is 31.0 Å². The van der Waals surface area contributed by atoms with Crippen molar-refractivity contribution >= 4 is 27.3 Å². The summed E-state index contributed by atoms with van der Waals surface area (Å²) in [7, 11) is -3.70. The first-order valence-corrected chi connectivity index (χ1v) is 7.96. The fourth-order valence-corrected chi connectivity index (χ4v) is 3.16. The van der Waals surface area contributed by atoms with Crippen molar-refractivity contribution in [3.63, 3.8) is 0 Å². The number of anilines is 1. The van der Waals surface area contributed by atoms with Crippen LogP contribution >= 0.6 is 11.6 Å². The fraction of sp³-hybridized carbons (Fsp3) is 0.500. The summed E-state index contributed by atoms with van der Waals surface area (Å²) in [5.74, 6) is 0. The maximum absolute atomic E-state index is 12.0. The molecule has 108 valence electrons. The molecule has 0 saturated heterocycles. The number of sulfonamides is 1. The van der Waals surface area contributed by atoms with Gasteiger partial charge in [0, 0.05) is 13.2 Å². The SMILES string of the molecule is CCCCOCCNS(=O)(=O)c1c(N)cccc1Cl. The summed E-state index contributed by atoms with van der Waals surface area (Å²) in [6, 6.07) is 4.59. The highest BCUT2D eigenvalue weighted by Crippen LogP contribution is 2.26. The average molecular weight is 307 g/mol. The molecule has 0 radical (unpaired) electrons. The standard InChI is InChI=1S/C12H19ClN2O3S/c1-2-3-8-18-9-7-15-19(16,17)12-10(13)5-4-6-11(12)14/h4-6,15H,2-3,7-9,14H2,1H3. The van der Waals surface area contributed by atoms with Gasteiger partial charge in [0.15, 0.2) is 0 Å². The second-order valence-corrected chi connectivity index (χ2v) is 6.13. The number of nitrogens with one attached hydrogen (secondary N) is 1. The van der Waals surface area contributed by atoms with E-state index in [4.69, 9.17) is 22.1 Å². The van der Waals surface area contributed by atoms with Crippen LogP contribution in [-0.4, -0.2) is 28.2 Å². The zero-order valence-electron chi connectivity index (χ0n) is 10.9. The summed E-state index contributed by atoms with van der Waals surface area (Å²) >= 11 is 5.86. The van der Waals surface area contributed by atoms with Crippen LogP contribution in [0.25, 0.3) is 0 Å². The van der Waals surface area contributed by atoms with E-state index in [1.54, 1.807) is 6.07 Å². The molecular weight excluding hydrogens is 288 g/mol. The first-order chi connectivity index (χ1) is 8.99. The van der Waals surface area contributed by atoms with Gasteiger partial charge in [-0.15, -0.1) is 0 Å². The van der Waals surface area contributed by atoms with Gasteiger partial charge < -0.3 is 10.5 Å². The van der Waals surface area contributed by atoms with E-state index in [0.717, 1.165) is 12.8 Å². The summed E-state index contributed by atoms with van der Waals surface area (Å²) < 4.78 is 31.8. The largest absolute Gasteiger partial charge is 0.398 e. The molecule has 0 atom stereocenters. The van der Waals surface area contributed by atoms with Gasteiger partial charge in [0.05, 0.1) is 17.3 Å². The Hall–Kier alpha value is -0.820. The maximum Gasteiger partial charge on any atom is 0.244 e. The molecule has 3 N–H and O–H groups in total. The predicted octanol–water partition coefficient (Wildman–Crippen LogP) is 2.02. The Kier molecular flexibility index (Phi) is 6.57. The highest BCUT2D eigenvalue weighted by molar-refractivity contribution is 7.89. The number of hydrogen-bond acceptors (Lipinski definition) is 4. The number of ether oxygens (including phenoxy) is 1. The van der Waals surface area contributed by atoms with Gasteiger partial charge in [-0.05, 0) is 18.6 Å². The van der Waals surface area contributed by atoms with E-state index in [1.807, 2.05) is 0 Å². The first-order valence-electron chi connectivity index (χ1n) is 6.10. The van der Waals surface area contributed by atoms with E-state index >= 15 is 0 Å². The van der Waals surface area contributed by atoms with Gasteiger partial charge in [0.1, 0.15) is 4.90 Å². The van der Waals surface area contributed by atoms with Crippen LogP contribution in [0, 0.1) is 0 Å². The second kappa shape index (κ2) is 7.69. The van der Waals surface area contributed by atoms with Crippen molar-refractivity contribution in [1.82, 2.24) is 4.72 Å². The number of benzene rings is 1. The zero-order chi connectivity index (χ0) is 14.3. The van der Waals surface area contributed by atoms with E-state index in [1.165, 1.54) is 12.1 Å². The lowest BCUT2D eigenvalue weighted by atomic mass is 10.3. The highest BCUT2D eigenvalue weighted by Gasteiger charge is 2.20. The van der Waals surface area contributed by atoms with Crippen LogP contribution in [0.15, 0.2) is 23.1 Å². The molecule has 19 heavy (non-hydrogen) atoms. The lowest BCUT2D eigenvalue weighted by Gasteiger charge is -2.10. The minimum Gasteiger partial charge on any atom is -0.398 e. The molecule has 1 aromatic carbocycles. The third-order valence-electron chi connectivity index (χ3n) is 2.45. The van der Waals surface area contributed by atoms with Crippen molar-refractivity contribution in [2.75, 3.05) is 25.5 Å². The molecule has 0 heterocycles. The van der Waals surface area contributed by atoms with E-state index in [9.17, 15) is 8.42 Å². The van der Waals surface area contributed by atoms with Crippen LogP contribution in [0.3, 0.4) is 0 Å². The van der Waals surface area contributed by atoms with Gasteiger partial charge >= 0.3 is 0 Å². The molecule has 0 bridgehead atoms. The molecule has 5 nitrogen and oxygen atoms in total. The molecule has 0 saturated carbocycles. The molecule has 0 spiro atoms. The van der Waals surface area contributed by atoms with Crippen molar-refractivity contribution < 1.29 is 13.2 Å². The Morgan fingerprint density at radius 2 is 2.11 bits per heavy atom. The van der Waals surface area contributed by atoms with E-state index in [2.05, 4.69) is 11.6 Å². The van der Waals surface area contributed by atoms with Gasteiger partial charge in [-0.3, -0.25) is 0 Å². The van der Waals surface area contributed by atoms with Crippen LogP contribution in [0.5, 0.6) is 0 Å². The van der Waals surface area contributed by atoms with Crippen LogP contribution in [0.2, 0.25) is 5.02 Å². The lowest BCUT2D eigenvalue weighted by Crippen LogP contribution is -2.28. The molecule has 0 fully saturated rings. The number of halogens is 1. The van der Waals surface area contributed by atoms with Crippen LogP contribution in [-0.2, 0) is 14.8 Å². The predicted molar refractivity (Wildman–Crippen MR) is 76.8 cm³/mol. The average Bonchev–Trinajstić information content (AvgIpc) is 2.33. The van der Waals surface area contributed by atoms with Crippen molar-refractivity contribution in [3.8, 4) is 0 Å².